The second kappa shape index (κ2) is 4.47. The van der Waals surface area contributed by atoms with Crippen LogP contribution in [0.15, 0.2) is 16.0 Å². The number of carbonyl (C=O) groups is 1. The van der Waals surface area contributed by atoms with Gasteiger partial charge in [-0.05, 0) is 28.8 Å². The first-order valence-corrected chi connectivity index (χ1v) is 7.20. The molecular formula is C11H10BrN3O2S. The number of hydrogen-bond acceptors (Lipinski definition) is 5. The average Bonchev–Trinajstić information content (AvgIpc) is 2.64. The van der Waals surface area contributed by atoms with Gasteiger partial charge in [-0.3, -0.25) is 4.79 Å². The Morgan fingerprint density at radius 1 is 1.56 bits per heavy atom. The van der Waals surface area contributed by atoms with E-state index in [1.165, 1.54) is 0 Å². The normalized spacial score (nSPS) is 22.7. The zero-order chi connectivity index (χ0) is 12.7. The molecule has 1 saturated carbocycles. The molecule has 0 spiro atoms. The lowest BCUT2D eigenvalue weighted by Gasteiger charge is -2.32. The molecule has 5 nitrogen and oxygen atoms in total. The number of halogens is 1. The zero-order valence-electron chi connectivity index (χ0n) is 9.26. The number of anilines is 1. The number of aromatic nitrogens is 2. The van der Waals surface area contributed by atoms with Gasteiger partial charge in [-0.15, -0.1) is 11.3 Å². The number of rotatable bonds is 3. The molecule has 2 heterocycles. The van der Waals surface area contributed by atoms with Crippen LogP contribution in [0.2, 0.25) is 0 Å². The van der Waals surface area contributed by atoms with Crippen LogP contribution in [0.1, 0.15) is 12.8 Å². The smallest absolute Gasteiger partial charge is 0.306 e. The van der Waals surface area contributed by atoms with Gasteiger partial charge in [0.25, 0.3) is 0 Å². The second-order valence-electron chi connectivity index (χ2n) is 4.34. The first kappa shape index (κ1) is 11.9. The fourth-order valence-electron chi connectivity index (χ4n) is 1.99. The van der Waals surface area contributed by atoms with E-state index < -0.39 is 5.97 Å². The highest BCUT2D eigenvalue weighted by molar-refractivity contribution is 9.10. The van der Waals surface area contributed by atoms with Gasteiger partial charge in [0, 0.05) is 11.4 Å². The van der Waals surface area contributed by atoms with Crippen molar-refractivity contribution in [1.82, 2.24) is 9.97 Å². The molecule has 0 radical (unpaired) electrons. The third kappa shape index (κ3) is 2.08. The van der Waals surface area contributed by atoms with Crippen molar-refractivity contribution in [1.29, 1.82) is 0 Å². The Kier molecular flexibility index (Phi) is 2.95. The summed E-state index contributed by atoms with van der Waals surface area (Å²) in [5.41, 5.74) is 0.895. The molecule has 0 unspecified atom stereocenters. The monoisotopic (exact) mass is 327 g/mol. The summed E-state index contributed by atoms with van der Waals surface area (Å²) in [6.07, 6.45) is 3.07. The summed E-state index contributed by atoms with van der Waals surface area (Å²) in [7, 11) is 0. The third-order valence-corrected chi connectivity index (χ3v) is 4.91. The Bertz CT molecular complexity index is 609. The standard InChI is InChI=1S/C11H10BrN3O2S/c12-7-4-18-8-3-13-11(15-9(7)8)14-6-1-5(2-6)10(16)17/h3-6H,1-2H2,(H,16,17)(H,13,14,15). The van der Waals surface area contributed by atoms with Crippen LogP contribution in [0.25, 0.3) is 10.2 Å². The van der Waals surface area contributed by atoms with Crippen molar-refractivity contribution in [3.8, 4) is 0 Å². The van der Waals surface area contributed by atoms with Gasteiger partial charge < -0.3 is 10.4 Å². The van der Waals surface area contributed by atoms with Crippen molar-refractivity contribution >= 4 is 49.4 Å². The first-order valence-electron chi connectivity index (χ1n) is 5.52. The highest BCUT2D eigenvalue weighted by Crippen LogP contribution is 2.31. The third-order valence-electron chi connectivity index (χ3n) is 3.09. The molecule has 3 rings (SSSR count). The fourth-order valence-corrected chi connectivity index (χ4v) is 3.43. The van der Waals surface area contributed by atoms with Gasteiger partial charge >= 0.3 is 5.97 Å². The van der Waals surface area contributed by atoms with Crippen molar-refractivity contribution in [3.05, 3.63) is 16.0 Å². The predicted molar refractivity (Wildman–Crippen MR) is 72.9 cm³/mol. The fraction of sp³-hybridized carbons (Fsp3) is 0.364. The Morgan fingerprint density at radius 2 is 2.33 bits per heavy atom. The van der Waals surface area contributed by atoms with E-state index in [-0.39, 0.29) is 12.0 Å². The van der Waals surface area contributed by atoms with Crippen LogP contribution in [0.5, 0.6) is 0 Å². The van der Waals surface area contributed by atoms with Gasteiger partial charge in [-0.1, -0.05) is 0 Å². The molecule has 2 N–H and O–H groups in total. The van der Waals surface area contributed by atoms with E-state index in [4.69, 9.17) is 5.11 Å². The van der Waals surface area contributed by atoms with Gasteiger partial charge in [-0.25, -0.2) is 9.97 Å². The number of hydrogen-bond donors (Lipinski definition) is 2. The molecule has 94 valence electrons. The summed E-state index contributed by atoms with van der Waals surface area (Å²) in [4.78, 5) is 19.4. The molecule has 0 aromatic carbocycles. The van der Waals surface area contributed by atoms with Crippen molar-refractivity contribution < 1.29 is 9.90 Å². The van der Waals surface area contributed by atoms with Crippen LogP contribution in [-0.2, 0) is 4.79 Å². The lowest BCUT2D eigenvalue weighted by molar-refractivity contribution is -0.144. The van der Waals surface area contributed by atoms with E-state index in [9.17, 15) is 4.79 Å². The van der Waals surface area contributed by atoms with Crippen LogP contribution in [0.3, 0.4) is 0 Å². The van der Waals surface area contributed by atoms with Crippen LogP contribution < -0.4 is 5.32 Å². The number of fused-ring (bicyclic) bond motifs is 1. The first-order chi connectivity index (χ1) is 8.63. The molecule has 1 aliphatic carbocycles. The predicted octanol–water partition coefficient (Wildman–Crippen LogP) is 2.73. The minimum absolute atomic E-state index is 0.168. The molecule has 0 atom stereocenters. The van der Waals surface area contributed by atoms with E-state index >= 15 is 0 Å². The maximum Gasteiger partial charge on any atom is 0.306 e. The number of nitrogens with one attached hydrogen (secondary N) is 1. The van der Waals surface area contributed by atoms with E-state index in [1.54, 1.807) is 17.5 Å². The summed E-state index contributed by atoms with van der Waals surface area (Å²) in [6, 6.07) is 0.168. The molecule has 0 aliphatic heterocycles. The Hall–Kier alpha value is -1.21. The number of aliphatic carboxylic acids is 1. The average molecular weight is 328 g/mol. The molecule has 0 amide bonds. The van der Waals surface area contributed by atoms with Crippen LogP contribution in [-0.4, -0.2) is 27.1 Å². The highest BCUT2D eigenvalue weighted by Gasteiger charge is 2.34. The van der Waals surface area contributed by atoms with Crippen molar-refractivity contribution in [3.63, 3.8) is 0 Å². The molecule has 1 fully saturated rings. The Balaban J connectivity index is 1.72. The quantitative estimate of drug-likeness (QED) is 0.906. The van der Waals surface area contributed by atoms with Gasteiger partial charge in [0.15, 0.2) is 0 Å². The minimum Gasteiger partial charge on any atom is -0.481 e. The van der Waals surface area contributed by atoms with E-state index in [2.05, 4.69) is 31.2 Å². The highest BCUT2D eigenvalue weighted by atomic mass is 79.9. The topological polar surface area (TPSA) is 75.1 Å². The summed E-state index contributed by atoms with van der Waals surface area (Å²) in [6.45, 7) is 0. The van der Waals surface area contributed by atoms with Crippen molar-refractivity contribution in [2.24, 2.45) is 5.92 Å². The zero-order valence-corrected chi connectivity index (χ0v) is 11.7. The molecule has 18 heavy (non-hydrogen) atoms. The number of nitrogens with zero attached hydrogens (tertiary/aromatic N) is 2. The molecule has 0 bridgehead atoms. The summed E-state index contributed by atoms with van der Waals surface area (Å²) < 4.78 is 1.99. The largest absolute Gasteiger partial charge is 0.481 e. The Labute approximate surface area is 115 Å². The van der Waals surface area contributed by atoms with E-state index in [0.717, 1.165) is 14.7 Å². The number of carboxylic acid groups (broad SMARTS) is 1. The lowest BCUT2D eigenvalue weighted by atomic mass is 9.80. The van der Waals surface area contributed by atoms with Gasteiger partial charge in [-0.2, -0.15) is 0 Å². The van der Waals surface area contributed by atoms with Crippen molar-refractivity contribution in [2.45, 2.75) is 18.9 Å². The lowest BCUT2D eigenvalue weighted by Crippen LogP contribution is -2.39. The molecule has 1 aliphatic rings. The molecular weight excluding hydrogens is 318 g/mol. The van der Waals surface area contributed by atoms with Gasteiger partial charge in [0.05, 0.1) is 21.3 Å². The van der Waals surface area contributed by atoms with Crippen LogP contribution in [0, 0.1) is 5.92 Å². The van der Waals surface area contributed by atoms with E-state index in [1.807, 2.05) is 5.38 Å². The van der Waals surface area contributed by atoms with Crippen LogP contribution in [0.4, 0.5) is 5.95 Å². The van der Waals surface area contributed by atoms with E-state index in [0.29, 0.717) is 18.8 Å². The van der Waals surface area contributed by atoms with Gasteiger partial charge in [0.1, 0.15) is 5.52 Å². The summed E-state index contributed by atoms with van der Waals surface area (Å²) >= 11 is 5.03. The SMILES string of the molecule is O=C(O)C1CC(Nc2ncc3scc(Br)c3n2)C1. The van der Waals surface area contributed by atoms with Crippen molar-refractivity contribution in [2.75, 3.05) is 5.32 Å². The maximum absolute atomic E-state index is 10.7. The second-order valence-corrected chi connectivity index (χ2v) is 6.10. The number of thiophene rings is 1. The molecule has 7 heteroatoms. The minimum atomic E-state index is -0.718. The number of carboxylic acids is 1. The molecule has 0 saturated heterocycles. The Morgan fingerprint density at radius 3 is 3.06 bits per heavy atom. The van der Waals surface area contributed by atoms with Crippen LogP contribution >= 0.6 is 27.3 Å². The molecule has 2 aromatic rings. The van der Waals surface area contributed by atoms with Gasteiger partial charge in [0.2, 0.25) is 5.95 Å². The molecule has 2 aromatic heterocycles. The summed E-state index contributed by atoms with van der Waals surface area (Å²) in [5.74, 6) is -0.375. The maximum atomic E-state index is 10.7. The summed E-state index contributed by atoms with van der Waals surface area (Å²) in [5, 5.41) is 14.0.